The maximum atomic E-state index is 10.1. The molecular weight excluding hydrogens is 1090 g/mol. The van der Waals surface area contributed by atoms with Gasteiger partial charge in [-0.05, 0) is 112 Å². The Kier molecular flexibility index (Phi) is 7.88. The molecule has 0 saturated heterocycles. The summed E-state index contributed by atoms with van der Waals surface area (Å²) in [6.45, 7) is 11.5. The molecule has 3 heterocycles. The van der Waals surface area contributed by atoms with E-state index >= 15 is 0 Å². The van der Waals surface area contributed by atoms with Crippen molar-refractivity contribution in [2.75, 3.05) is 0 Å². The van der Waals surface area contributed by atoms with E-state index in [1.807, 2.05) is 53.1 Å². The van der Waals surface area contributed by atoms with Crippen LogP contribution in [-0.4, -0.2) is 30.3 Å². The van der Waals surface area contributed by atoms with E-state index in [-0.39, 0.29) is 49.5 Å². The van der Waals surface area contributed by atoms with E-state index in [0.717, 1.165) is 21.9 Å². The van der Waals surface area contributed by atoms with Crippen LogP contribution in [0.1, 0.15) is 93.8 Å². The van der Waals surface area contributed by atoms with Gasteiger partial charge in [0.1, 0.15) is 17.3 Å². The van der Waals surface area contributed by atoms with Crippen molar-refractivity contribution in [3.63, 3.8) is 0 Å². The fourth-order valence-electron chi connectivity index (χ4n) is 11.7. The van der Waals surface area contributed by atoms with Gasteiger partial charge in [0, 0.05) is 23.0 Å². The number of rotatable bonds is 13. The average Bonchev–Trinajstić information content (AvgIpc) is 0.980. The molecule has 87 heavy (non-hydrogen) atoms. The Labute approximate surface area is 554 Å². The molecule has 0 atom stereocenters. The van der Waals surface area contributed by atoms with Gasteiger partial charge in [0.15, 0.2) is 16.1 Å². The lowest BCUT2D eigenvalue weighted by molar-refractivity contribution is -0.572. The highest BCUT2D eigenvalue weighted by Gasteiger charge is 2.45. The predicted octanol–water partition coefficient (Wildman–Crippen LogP) is 13.3. The van der Waals surface area contributed by atoms with Crippen LogP contribution in [0.5, 0.6) is 11.5 Å². The lowest BCUT2D eigenvalue weighted by atomic mass is 9.85. The summed E-state index contributed by atoms with van der Waals surface area (Å²) in [7, 11) is -12.1. The van der Waals surface area contributed by atoms with Crippen LogP contribution in [0.25, 0.3) is 50.0 Å². The van der Waals surface area contributed by atoms with E-state index in [9.17, 15) is 32.9 Å². The monoisotopic (exact) mass is 1190 g/mol. The van der Waals surface area contributed by atoms with Crippen LogP contribution in [0.2, 0.25) is 0 Å². The molecule has 0 aliphatic rings. The molecule has 0 amide bonds. The number of benzene rings is 11. The van der Waals surface area contributed by atoms with Crippen molar-refractivity contribution in [2.45, 2.75) is 52.4 Å². The van der Waals surface area contributed by atoms with Crippen LogP contribution in [0, 0.1) is 6.33 Å². The molecule has 0 aliphatic carbocycles. The lowest BCUT2D eigenvalue weighted by Crippen LogP contribution is -2.76. The summed E-state index contributed by atoms with van der Waals surface area (Å²) in [5, 5.41) is -4.03. The molecule has 0 bridgehead atoms. The molecule has 0 spiro atoms. The number of pyridine rings is 1. The maximum Gasteiger partial charge on any atom is 0.269 e. The zero-order valence-corrected chi connectivity index (χ0v) is 49.7. The second kappa shape index (κ2) is 22.2. The molecule has 0 aliphatic heterocycles. The number of ether oxygens (including phenoxy) is 1. The number of hydrogen-bond donors (Lipinski definition) is 0. The molecule has 0 unspecified atom stereocenters. The summed E-state index contributed by atoms with van der Waals surface area (Å²) in [5.74, 6) is 1.02. The second-order valence-electron chi connectivity index (χ2n) is 22.7. The van der Waals surface area contributed by atoms with Gasteiger partial charge < -0.3 is 4.74 Å². The Hall–Kier alpha value is -9.93. The third-order valence-electron chi connectivity index (χ3n) is 15.6. The summed E-state index contributed by atoms with van der Waals surface area (Å²) >= 11 is 0. The van der Waals surface area contributed by atoms with Gasteiger partial charge in [0.05, 0.1) is 74.6 Å². The number of fused-ring (bicyclic) bond motifs is 4. The van der Waals surface area contributed by atoms with Crippen LogP contribution in [0.15, 0.2) is 303 Å². The Morgan fingerprint density at radius 3 is 1.51 bits per heavy atom. The average molecular weight is 1190 g/mol. The third-order valence-corrected chi connectivity index (χ3v) is 24.0. The molecule has 422 valence electrons. The first-order chi connectivity index (χ1) is 54.8. The highest BCUT2D eigenvalue weighted by atomic mass is 28.3. The second-order valence-corrected chi connectivity index (χ2v) is 29.8. The van der Waals surface area contributed by atoms with Gasteiger partial charge in [-0.25, -0.2) is 4.98 Å². The highest BCUT2D eigenvalue weighted by molar-refractivity contribution is 7.20. The first-order valence-electron chi connectivity index (χ1n) is 42.7. The van der Waals surface area contributed by atoms with Crippen LogP contribution in [0.4, 0.5) is 0 Å². The Bertz CT molecular complexity index is 6180. The number of hydrogen-bond acceptors (Lipinski definition) is 2. The van der Waals surface area contributed by atoms with E-state index in [1.165, 1.54) is 39.5 Å². The van der Waals surface area contributed by atoms with Crippen molar-refractivity contribution >= 4 is 90.5 Å². The number of aromatic nitrogens is 4. The summed E-state index contributed by atoms with van der Waals surface area (Å²) in [4.78, 5) is 4.85. The largest absolute Gasteiger partial charge is 0.458 e. The van der Waals surface area contributed by atoms with Crippen molar-refractivity contribution in [1.82, 2.24) is 14.1 Å². The van der Waals surface area contributed by atoms with Crippen molar-refractivity contribution in [3.05, 3.63) is 320 Å². The van der Waals surface area contributed by atoms with E-state index < -0.39 is 234 Å². The summed E-state index contributed by atoms with van der Waals surface area (Å²) < 4.78 is 298. The number of imidazole rings is 1. The van der Waals surface area contributed by atoms with Gasteiger partial charge in [-0.2, -0.15) is 0 Å². The Morgan fingerprint density at radius 2 is 0.954 bits per heavy atom. The van der Waals surface area contributed by atoms with Crippen molar-refractivity contribution < 1.29 is 50.4 Å². The SMILES string of the molecule is [2H]c1c([2H])c([2H])c([Si](c2ccc3c(c2)n(-c2cccc(Oc4ccc5c6ccccc6n(-c6cc(C(C)(C)C)ccn6)c5c4)c2)[c-][n+]3-c2c(C(C)(C)C)cccc2[Si](c2c([2H])c([2H])c([2H])c([2H])c2[2H])(c2c([2H])c([2H])c([2H])c([2H])c2[2H])c2c([2H])c([2H])c([2H])c([2H])c2[2H])(c2c([2H])c([2H])c([2H])c([2H])c2[2H])c2c([2H])c([2H])c([2H])c([2H])c2[2H])c([2H])c1[2H]. The quantitative estimate of drug-likeness (QED) is 0.0499. The minimum atomic E-state index is -6.14. The zero-order chi connectivity index (χ0) is 85.4. The van der Waals surface area contributed by atoms with Gasteiger partial charge in [-0.15, -0.1) is 0 Å². The molecule has 7 heteroatoms. The fraction of sp³-hybridized carbons (Fsp3) is 0.100. The summed E-state index contributed by atoms with van der Waals surface area (Å²) in [6, 6.07) is 0.512. The Morgan fingerprint density at radius 1 is 0.437 bits per heavy atom. The first kappa shape index (κ1) is 30.9. The highest BCUT2D eigenvalue weighted by Crippen LogP contribution is 2.37. The minimum Gasteiger partial charge on any atom is -0.458 e. The standard InChI is InChI=1S/C80H68N4OSi2/c1-79(2,3)58-51-52-81-77(53-58)84-72-45-26-25-43-69(72)70-49-47-61(55-74(70)84)85-60-30-27-29-59(54-60)82-57-83(73-50-48-68(56-75(73)82)86(62-31-13-7-14-32-62,63-33-15-8-16-34-63)64-35-17-9-18-36-64)78-71(80(4,5)6)44-28-46-76(78)87(65-37-19-10-20-38-65,66-39-21-11-22-40-66)67-41-23-12-24-42-67/h7-56H,1-6H3/i7D,8D,9D,10D,11D,12D,13D,14D,15D,16D,17D,18D,19D,20D,21D,22D,23D,24D,31D,32D,33D,34D,35D,36D,37D,38D,39D,40D,41D,42D. The fourth-order valence-corrected chi connectivity index (χ4v) is 19.5. The first-order valence-corrected chi connectivity index (χ1v) is 31.7. The van der Waals surface area contributed by atoms with Crippen LogP contribution in [0.3, 0.4) is 0 Å². The van der Waals surface area contributed by atoms with Gasteiger partial charge in [0.25, 0.3) is 6.33 Å². The molecule has 0 N–H and O–H groups in total. The minimum absolute atomic E-state index is 0.0765. The van der Waals surface area contributed by atoms with E-state index in [2.05, 4.69) is 27.1 Å². The van der Waals surface area contributed by atoms with Crippen LogP contribution >= 0.6 is 0 Å². The van der Waals surface area contributed by atoms with Crippen molar-refractivity contribution in [1.29, 1.82) is 0 Å². The topological polar surface area (TPSA) is 35.9 Å². The zero-order valence-electron chi connectivity index (χ0n) is 77.7. The van der Waals surface area contributed by atoms with E-state index in [4.69, 9.17) is 17.9 Å². The maximum absolute atomic E-state index is 10.1. The smallest absolute Gasteiger partial charge is 0.269 e. The Balaban J connectivity index is 1.21. The molecule has 3 aromatic heterocycles. The van der Waals surface area contributed by atoms with Crippen LogP contribution < -0.4 is 50.8 Å². The number of nitrogens with zero attached hydrogens (tertiary/aromatic N) is 4. The predicted molar refractivity (Wildman–Crippen MR) is 367 cm³/mol. The normalized spacial score (nSPS) is 17.1. The molecular formula is C80H68N4OSi2. The van der Waals surface area contributed by atoms with Gasteiger partial charge >= 0.3 is 0 Å². The van der Waals surface area contributed by atoms with Gasteiger partial charge in [0.2, 0.25) is 0 Å². The van der Waals surface area contributed by atoms with E-state index in [0.29, 0.717) is 17.1 Å². The molecule has 0 radical (unpaired) electrons. The molecule has 0 saturated carbocycles. The molecule has 11 aromatic carbocycles. The molecule has 14 aromatic rings. The van der Waals surface area contributed by atoms with Gasteiger partial charge in [-0.3, -0.25) is 13.7 Å². The number of para-hydroxylation sites is 2. The van der Waals surface area contributed by atoms with Crippen molar-refractivity contribution in [3.8, 4) is 28.7 Å². The summed E-state index contributed by atoms with van der Waals surface area (Å²) in [5.41, 5.74) is 0.775. The van der Waals surface area contributed by atoms with Crippen molar-refractivity contribution in [2.24, 2.45) is 0 Å². The summed E-state index contributed by atoms with van der Waals surface area (Å²) in [6.07, 6.45) is 5.17. The van der Waals surface area contributed by atoms with Gasteiger partial charge in [-0.1, -0.05) is 283 Å². The molecule has 5 nitrogen and oxygen atoms in total. The lowest BCUT2D eigenvalue weighted by Gasteiger charge is -2.38. The molecule has 0 fully saturated rings. The third kappa shape index (κ3) is 9.55. The van der Waals surface area contributed by atoms with E-state index in [1.54, 1.807) is 63.4 Å². The van der Waals surface area contributed by atoms with Crippen LogP contribution in [-0.2, 0) is 10.8 Å². The molecule has 14 rings (SSSR count).